The Kier molecular flexibility index (Phi) is 4.25. The summed E-state index contributed by atoms with van der Waals surface area (Å²) in [6, 6.07) is 14.1. The Balaban J connectivity index is 1.27. The summed E-state index contributed by atoms with van der Waals surface area (Å²) in [5.74, 6) is -0.807. The van der Waals surface area contributed by atoms with E-state index in [1.54, 1.807) is 12.4 Å². The average Bonchev–Trinajstić information content (AvgIpc) is 3.56. The Bertz CT molecular complexity index is 1040. The molecule has 31 heavy (non-hydrogen) atoms. The minimum Gasteiger partial charge on any atom is -0.360 e. The van der Waals surface area contributed by atoms with Crippen LogP contribution < -0.4 is 0 Å². The van der Waals surface area contributed by atoms with Crippen LogP contribution in [0, 0.1) is 11.8 Å². The highest BCUT2D eigenvalue weighted by Crippen LogP contribution is 2.53. The van der Waals surface area contributed by atoms with Crippen LogP contribution in [-0.2, 0) is 20.9 Å². The van der Waals surface area contributed by atoms with E-state index in [2.05, 4.69) is 17.1 Å². The topological polar surface area (TPSA) is 62.7 Å². The second kappa shape index (κ2) is 7.02. The normalized spacial score (nSPS) is 33.4. The van der Waals surface area contributed by atoms with Crippen LogP contribution in [0.15, 0.2) is 67.0 Å². The lowest BCUT2D eigenvalue weighted by Crippen LogP contribution is -2.45. The minimum atomic E-state index is -0.674. The highest BCUT2D eigenvalue weighted by Gasteiger charge is 2.67. The van der Waals surface area contributed by atoms with Crippen molar-refractivity contribution in [3.05, 3.63) is 78.1 Å². The maximum absolute atomic E-state index is 13.8. The summed E-state index contributed by atoms with van der Waals surface area (Å²) in [6.45, 7) is 1.72. The summed E-state index contributed by atoms with van der Waals surface area (Å²) in [6.07, 6.45) is 9.16. The molecule has 0 unspecified atom stereocenters. The molecule has 4 aliphatic rings. The molecule has 5 atom stereocenters. The van der Waals surface area contributed by atoms with Gasteiger partial charge in [-0.3, -0.25) is 14.6 Å². The van der Waals surface area contributed by atoms with Crippen LogP contribution in [0.1, 0.15) is 30.0 Å². The molecule has 2 aromatic rings. The Morgan fingerprint density at radius 3 is 2.87 bits per heavy atom. The van der Waals surface area contributed by atoms with E-state index >= 15 is 0 Å². The fourth-order valence-corrected chi connectivity index (χ4v) is 5.95. The van der Waals surface area contributed by atoms with E-state index in [0.717, 1.165) is 24.9 Å². The van der Waals surface area contributed by atoms with Crippen LogP contribution in [0.4, 0.5) is 0 Å². The molecule has 0 aliphatic carbocycles. The van der Waals surface area contributed by atoms with Crippen molar-refractivity contribution in [3.63, 3.8) is 0 Å². The quantitative estimate of drug-likeness (QED) is 0.721. The van der Waals surface area contributed by atoms with Crippen molar-refractivity contribution in [3.8, 4) is 0 Å². The van der Waals surface area contributed by atoms with Crippen LogP contribution in [-0.4, -0.2) is 51.4 Å². The van der Waals surface area contributed by atoms with Crippen molar-refractivity contribution in [1.82, 2.24) is 14.8 Å². The van der Waals surface area contributed by atoms with E-state index in [0.29, 0.717) is 13.1 Å². The zero-order valence-electron chi connectivity index (χ0n) is 17.3. The number of ether oxygens (including phenoxy) is 1. The molecule has 3 saturated heterocycles. The van der Waals surface area contributed by atoms with Gasteiger partial charge in [-0.25, -0.2) is 0 Å². The first-order chi connectivity index (χ1) is 15.2. The molecule has 0 N–H and O–H groups in total. The van der Waals surface area contributed by atoms with Crippen molar-refractivity contribution >= 4 is 11.8 Å². The van der Waals surface area contributed by atoms with Crippen molar-refractivity contribution in [2.45, 2.75) is 37.1 Å². The molecule has 0 radical (unpaired) electrons. The van der Waals surface area contributed by atoms with Gasteiger partial charge in [0, 0.05) is 25.5 Å². The largest absolute Gasteiger partial charge is 0.360 e. The number of aromatic nitrogens is 1. The van der Waals surface area contributed by atoms with Gasteiger partial charge in [0.1, 0.15) is 5.60 Å². The molecular weight excluding hydrogens is 390 g/mol. The van der Waals surface area contributed by atoms with Gasteiger partial charge in [-0.1, -0.05) is 48.6 Å². The van der Waals surface area contributed by atoms with Crippen LogP contribution in [0.2, 0.25) is 0 Å². The molecule has 2 bridgehead atoms. The van der Waals surface area contributed by atoms with Gasteiger partial charge in [0.2, 0.25) is 11.8 Å². The summed E-state index contributed by atoms with van der Waals surface area (Å²) in [5, 5.41) is 0. The van der Waals surface area contributed by atoms with Gasteiger partial charge in [-0.05, 0) is 30.0 Å². The zero-order valence-corrected chi connectivity index (χ0v) is 17.3. The van der Waals surface area contributed by atoms with E-state index in [9.17, 15) is 9.59 Å². The average molecular weight is 415 g/mol. The summed E-state index contributed by atoms with van der Waals surface area (Å²) in [7, 11) is 0. The van der Waals surface area contributed by atoms with E-state index in [-0.39, 0.29) is 24.0 Å². The van der Waals surface area contributed by atoms with Crippen LogP contribution in [0.3, 0.4) is 0 Å². The standard InChI is InChI=1S/C25H25N3O3/c29-23(28-13-5-9-19(28)18-7-2-1-3-8-18)21-20-10-11-25(31-20)16-27(24(30)22(21)25)15-17-6-4-12-26-14-17/h1-4,6-8,10-12,14,19-22H,5,9,13,15-16H2/t19-,20+,21+,22-,25+/m1/s1. The van der Waals surface area contributed by atoms with Crippen LogP contribution in [0.5, 0.6) is 0 Å². The van der Waals surface area contributed by atoms with Gasteiger partial charge in [0.15, 0.2) is 0 Å². The lowest BCUT2D eigenvalue weighted by Gasteiger charge is -2.31. The fraction of sp³-hybridized carbons (Fsp3) is 0.400. The SMILES string of the molecule is O=C1[C@H]2[C@@H](C(=O)N3CCC[C@@H]3c3ccccc3)[C@@H]3C=C[C@@]2(CN1Cc1cccnc1)O3. The van der Waals surface area contributed by atoms with Gasteiger partial charge < -0.3 is 14.5 Å². The van der Waals surface area contributed by atoms with E-state index in [4.69, 9.17) is 4.74 Å². The van der Waals surface area contributed by atoms with Crippen molar-refractivity contribution < 1.29 is 14.3 Å². The third-order valence-corrected chi connectivity index (χ3v) is 7.28. The van der Waals surface area contributed by atoms with Crippen molar-refractivity contribution in [2.24, 2.45) is 11.8 Å². The number of carbonyl (C=O) groups is 2. The number of fused-ring (bicyclic) bond motifs is 1. The lowest BCUT2D eigenvalue weighted by atomic mass is 9.76. The minimum absolute atomic E-state index is 0.0181. The molecule has 6 rings (SSSR count). The maximum Gasteiger partial charge on any atom is 0.230 e. The molecule has 0 saturated carbocycles. The second-order valence-corrected chi connectivity index (χ2v) is 9.06. The van der Waals surface area contributed by atoms with E-state index in [1.165, 1.54) is 5.56 Å². The number of rotatable bonds is 4. The summed E-state index contributed by atoms with van der Waals surface area (Å²) >= 11 is 0. The third kappa shape index (κ3) is 2.85. The molecule has 5 heterocycles. The first-order valence-electron chi connectivity index (χ1n) is 11.1. The molecular formula is C25H25N3O3. The summed E-state index contributed by atoms with van der Waals surface area (Å²) in [5.41, 5.74) is 1.47. The number of benzene rings is 1. The highest BCUT2D eigenvalue weighted by atomic mass is 16.5. The van der Waals surface area contributed by atoms with E-state index < -0.39 is 17.4 Å². The number of nitrogens with zero attached hydrogens (tertiary/aromatic N) is 3. The Labute approximate surface area is 181 Å². The summed E-state index contributed by atoms with van der Waals surface area (Å²) in [4.78, 5) is 35.3. The predicted molar refractivity (Wildman–Crippen MR) is 114 cm³/mol. The first kappa shape index (κ1) is 18.8. The molecule has 158 valence electrons. The zero-order chi connectivity index (χ0) is 21.0. The van der Waals surface area contributed by atoms with Gasteiger partial charge in [-0.2, -0.15) is 0 Å². The number of likely N-dealkylation sites (tertiary alicyclic amines) is 2. The molecule has 1 aromatic heterocycles. The molecule has 2 amide bonds. The first-order valence-corrected chi connectivity index (χ1v) is 11.1. The van der Waals surface area contributed by atoms with Gasteiger partial charge in [0.25, 0.3) is 0 Å². The van der Waals surface area contributed by atoms with Crippen molar-refractivity contribution in [2.75, 3.05) is 13.1 Å². The summed E-state index contributed by atoms with van der Waals surface area (Å²) < 4.78 is 6.32. The third-order valence-electron chi connectivity index (χ3n) is 7.28. The highest BCUT2D eigenvalue weighted by molar-refractivity contribution is 5.93. The predicted octanol–water partition coefficient (Wildman–Crippen LogP) is 2.73. The monoisotopic (exact) mass is 415 g/mol. The van der Waals surface area contributed by atoms with Crippen molar-refractivity contribution in [1.29, 1.82) is 0 Å². The Morgan fingerprint density at radius 2 is 2.06 bits per heavy atom. The number of amides is 2. The molecule has 1 spiro atoms. The molecule has 3 fully saturated rings. The lowest BCUT2D eigenvalue weighted by molar-refractivity contribution is -0.144. The van der Waals surface area contributed by atoms with Gasteiger partial charge in [-0.15, -0.1) is 0 Å². The number of carbonyl (C=O) groups excluding carboxylic acids is 2. The van der Waals surface area contributed by atoms with Crippen LogP contribution in [0.25, 0.3) is 0 Å². The Hall–Kier alpha value is -2.99. The smallest absolute Gasteiger partial charge is 0.230 e. The number of hydrogen-bond donors (Lipinski definition) is 0. The maximum atomic E-state index is 13.8. The fourth-order valence-electron chi connectivity index (χ4n) is 5.95. The second-order valence-electron chi connectivity index (χ2n) is 9.06. The molecule has 4 aliphatic heterocycles. The Morgan fingerprint density at radius 1 is 1.19 bits per heavy atom. The number of hydrogen-bond acceptors (Lipinski definition) is 4. The number of pyridine rings is 1. The van der Waals surface area contributed by atoms with Gasteiger partial charge >= 0.3 is 0 Å². The van der Waals surface area contributed by atoms with E-state index in [1.807, 2.05) is 52.3 Å². The molecule has 6 nitrogen and oxygen atoms in total. The molecule has 6 heteroatoms. The molecule has 1 aromatic carbocycles. The van der Waals surface area contributed by atoms with Gasteiger partial charge in [0.05, 0.1) is 30.5 Å². The van der Waals surface area contributed by atoms with Crippen LogP contribution >= 0.6 is 0 Å².